The number of hydrogen-bond donors (Lipinski definition) is 1. The average molecular weight is 297 g/mol. The number of rotatable bonds is 3. The van der Waals surface area contributed by atoms with Crippen LogP contribution in [0.4, 0.5) is 0 Å². The molecule has 1 saturated carbocycles. The van der Waals surface area contributed by atoms with Gasteiger partial charge in [0.2, 0.25) is 0 Å². The molecular weight excluding hydrogens is 266 g/mol. The molecule has 2 aliphatic heterocycles. The Morgan fingerprint density at radius 3 is 2.52 bits per heavy atom. The molecule has 0 spiro atoms. The molecule has 21 heavy (non-hydrogen) atoms. The molecule has 0 aromatic rings. The van der Waals surface area contributed by atoms with Gasteiger partial charge in [0, 0.05) is 18.4 Å². The van der Waals surface area contributed by atoms with Gasteiger partial charge in [0.1, 0.15) is 0 Å². The maximum absolute atomic E-state index is 6.24. The zero-order valence-corrected chi connectivity index (χ0v) is 13.7. The Kier molecular flexibility index (Phi) is 4.89. The zero-order chi connectivity index (χ0) is 15.0. The van der Waals surface area contributed by atoms with Crippen LogP contribution in [0.25, 0.3) is 0 Å². The second-order valence-electron chi connectivity index (χ2n) is 7.38. The van der Waals surface area contributed by atoms with E-state index in [1.165, 1.54) is 19.3 Å². The number of nitrogens with two attached hydrogens (primary N) is 1. The predicted molar refractivity (Wildman–Crippen MR) is 81.5 cm³/mol. The summed E-state index contributed by atoms with van der Waals surface area (Å²) in [6.07, 6.45) is 5.10. The van der Waals surface area contributed by atoms with Gasteiger partial charge in [0.05, 0.1) is 12.7 Å². The lowest BCUT2D eigenvalue weighted by Crippen LogP contribution is -2.53. The van der Waals surface area contributed by atoms with Crippen molar-refractivity contribution in [1.82, 2.24) is 0 Å². The van der Waals surface area contributed by atoms with Gasteiger partial charge in [-0.1, -0.05) is 20.3 Å². The highest BCUT2D eigenvalue weighted by Gasteiger charge is 2.52. The Hall–Kier alpha value is -0.160. The third-order valence-corrected chi connectivity index (χ3v) is 6.04. The Bertz CT molecular complexity index is 351. The molecule has 2 heterocycles. The summed E-state index contributed by atoms with van der Waals surface area (Å²) in [5, 5.41) is 0. The van der Waals surface area contributed by atoms with Crippen molar-refractivity contribution < 1.29 is 14.2 Å². The Morgan fingerprint density at radius 2 is 1.76 bits per heavy atom. The van der Waals surface area contributed by atoms with Crippen LogP contribution in [-0.4, -0.2) is 31.8 Å². The Morgan fingerprint density at radius 1 is 1.00 bits per heavy atom. The molecule has 122 valence electrons. The first-order chi connectivity index (χ1) is 10.1. The highest BCUT2D eigenvalue weighted by atomic mass is 16.8. The molecule has 3 aliphatic rings. The quantitative estimate of drug-likeness (QED) is 0.870. The highest BCUT2D eigenvalue weighted by molar-refractivity contribution is 4.95. The van der Waals surface area contributed by atoms with E-state index in [9.17, 15) is 0 Å². The molecule has 3 rings (SSSR count). The van der Waals surface area contributed by atoms with Gasteiger partial charge in [0.25, 0.3) is 0 Å². The van der Waals surface area contributed by atoms with Crippen LogP contribution in [-0.2, 0) is 14.2 Å². The van der Waals surface area contributed by atoms with Gasteiger partial charge in [-0.3, -0.25) is 0 Å². The van der Waals surface area contributed by atoms with Crippen molar-refractivity contribution in [2.24, 2.45) is 35.3 Å². The van der Waals surface area contributed by atoms with E-state index in [2.05, 4.69) is 20.8 Å². The lowest BCUT2D eigenvalue weighted by atomic mass is 9.61. The lowest BCUT2D eigenvalue weighted by molar-refractivity contribution is -0.333. The second kappa shape index (κ2) is 6.53. The molecule has 0 aromatic heterocycles. The molecule has 0 radical (unpaired) electrons. The van der Waals surface area contributed by atoms with E-state index in [1.54, 1.807) is 0 Å². The fraction of sp³-hybridized carbons (Fsp3) is 1.00. The Balaban J connectivity index is 1.81. The van der Waals surface area contributed by atoms with Crippen molar-refractivity contribution >= 4 is 0 Å². The standard InChI is InChI=1S/C17H31NO3/c1-10-4-6-14-12(3)16(19-9-8-18)21-17-15(14)13(10)7-5-11(2)20-17/h10-17H,4-9,18H2,1-3H3/t10-,11+,12-,13?,14?,15?,16+,17-/m1/s1. The molecule has 2 N–H and O–H groups in total. The number of hydrogen-bond acceptors (Lipinski definition) is 4. The molecule has 1 aliphatic carbocycles. The summed E-state index contributed by atoms with van der Waals surface area (Å²) >= 11 is 0. The third kappa shape index (κ3) is 3.00. The van der Waals surface area contributed by atoms with Gasteiger partial charge in [-0.05, 0) is 43.9 Å². The van der Waals surface area contributed by atoms with E-state index in [1.807, 2.05) is 0 Å². The molecule has 3 unspecified atom stereocenters. The van der Waals surface area contributed by atoms with Gasteiger partial charge >= 0.3 is 0 Å². The summed E-state index contributed by atoms with van der Waals surface area (Å²) < 4.78 is 18.3. The van der Waals surface area contributed by atoms with Gasteiger partial charge in [-0.25, -0.2) is 0 Å². The van der Waals surface area contributed by atoms with Crippen LogP contribution in [0.2, 0.25) is 0 Å². The molecule has 2 saturated heterocycles. The third-order valence-electron chi connectivity index (χ3n) is 6.04. The van der Waals surface area contributed by atoms with Crippen LogP contribution in [0.15, 0.2) is 0 Å². The summed E-state index contributed by atoms with van der Waals surface area (Å²) in [6.45, 7) is 7.98. The first-order valence-electron chi connectivity index (χ1n) is 8.74. The largest absolute Gasteiger partial charge is 0.351 e. The maximum atomic E-state index is 6.24. The molecular formula is C17H31NO3. The van der Waals surface area contributed by atoms with E-state index >= 15 is 0 Å². The van der Waals surface area contributed by atoms with Crippen molar-refractivity contribution in [1.29, 1.82) is 0 Å². The molecule has 0 bridgehead atoms. The second-order valence-corrected chi connectivity index (χ2v) is 7.38. The van der Waals surface area contributed by atoms with Crippen LogP contribution >= 0.6 is 0 Å². The van der Waals surface area contributed by atoms with Gasteiger partial charge in [-0.15, -0.1) is 0 Å². The minimum Gasteiger partial charge on any atom is -0.351 e. The summed E-state index contributed by atoms with van der Waals surface area (Å²) in [5.41, 5.74) is 5.58. The van der Waals surface area contributed by atoms with E-state index in [4.69, 9.17) is 19.9 Å². The molecule has 4 nitrogen and oxygen atoms in total. The van der Waals surface area contributed by atoms with Gasteiger partial charge < -0.3 is 19.9 Å². The Labute approximate surface area is 128 Å². The van der Waals surface area contributed by atoms with Crippen molar-refractivity contribution in [3.05, 3.63) is 0 Å². The molecule has 3 fully saturated rings. The monoisotopic (exact) mass is 297 g/mol. The number of ether oxygens (including phenoxy) is 3. The van der Waals surface area contributed by atoms with Crippen LogP contribution in [0.3, 0.4) is 0 Å². The summed E-state index contributed by atoms with van der Waals surface area (Å²) in [6, 6.07) is 0. The van der Waals surface area contributed by atoms with Gasteiger partial charge in [-0.2, -0.15) is 0 Å². The fourth-order valence-corrected chi connectivity index (χ4v) is 4.82. The molecule has 8 atom stereocenters. The average Bonchev–Trinajstić information content (AvgIpc) is 2.63. The summed E-state index contributed by atoms with van der Waals surface area (Å²) in [7, 11) is 0. The van der Waals surface area contributed by atoms with Crippen LogP contribution in [0, 0.1) is 29.6 Å². The van der Waals surface area contributed by atoms with E-state index < -0.39 is 0 Å². The SMILES string of the molecule is C[C@@H]1CCC2C3C1CC[C@H](C)O[C@@H]3O[C@H](OCCN)[C@@H]2C. The van der Waals surface area contributed by atoms with Crippen molar-refractivity contribution in [2.45, 2.75) is 65.1 Å². The lowest BCUT2D eigenvalue weighted by Gasteiger charge is -2.51. The molecule has 0 aromatic carbocycles. The predicted octanol–water partition coefficient (Wildman–Crippen LogP) is 2.76. The topological polar surface area (TPSA) is 53.7 Å². The van der Waals surface area contributed by atoms with Crippen molar-refractivity contribution in [3.8, 4) is 0 Å². The fourth-order valence-electron chi connectivity index (χ4n) is 4.82. The minimum atomic E-state index is -0.154. The van der Waals surface area contributed by atoms with Crippen LogP contribution in [0.5, 0.6) is 0 Å². The van der Waals surface area contributed by atoms with E-state index in [0.29, 0.717) is 30.9 Å². The first kappa shape index (κ1) is 15.7. The van der Waals surface area contributed by atoms with Crippen LogP contribution < -0.4 is 5.73 Å². The zero-order valence-electron chi connectivity index (χ0n) is 13.7. The van der Waals surface area contributed by atoms with Crippen molar-refractivity contribution in [2.75, 3.05) is 13.2 Å². The maximum Gasteiger partial charge on any atom is 0.164 e. The molecule has 4 heteroatoms. The first-order valence-corrected chi connectivity index (χ1v) is 8.74. The smallest absolute Gasteiger partial charge is 0.164 e. The van der Waals surface area contributed by atoms with Gasteiger partial charge in [0.15, 0.2) is 12.6 Å². The van der Waals surface area contributed by atoms with E-state index in [0.717, 1.165) is 18.3 Å². The van der Waals surface area contributed by atoms with Crippen LogP contribution in [0.1, 0.15) is 46.5 Å². The summed E-state index contributed by atoms with van der Waals surface area (Å²) in [4.78, 5) is 0. The molecule has 0 amide bonds. The highest BCUT2D eigenvalue weighted by Crippen LogP contribution is 2.52. The normalized spacial score (nSPS) is 50.3. The van der Waals surface area contributed by atoms with Crippen molar-refractivity contribution in [3.63, 3.8) is 0 Å². The minimum absolute atomic E-state index is 0.0841. The summed E-state index contributed by atoms with van der Waals surface area (Å²) in [5.74, 6) is 3.19. The van der Waals surface area contributed by atoms with E-state index in [-0.39, 0.29) is 18.7 Å².